The number of hydrogen-bond acceptors (Lipinski definition) is 2. The van der Waals surface area contributed by atoms with Gasteiger partial charge in [0.15, 0.2) is 0 Å². The minimum Gasteiger partial charge on any atom is -0.313 e. The van der Waals surface area contributed by atoms with Gasteiger partial charge >= 0.3 is 0 Å². The highest BCUT2D eigenvalue weighted by molar-refractivity contribution is 7.11. The summed E-state index contributed by atoms with van der Waals surface area (Å²) in [5.74, 6) is -0.361. The van der Waals surface area contributed by atoms with Crippen LogP contribution in [0.25, 0.3) is 0 Å². The minimum atomic E-state index is -0.361. The van der Waals surface area contributed by atoms with Gasteiger partial charge in [-0.15, -0.1) is 11.3 Å². The van der Waals surface area contributed by atoms with Crippen molar-refractivity contribution in [2.24, 2.45) is 0 Å². The molecule has 1 atom stereocenters. The van der Waals surface area contributed by atoms with Crippen LogP contribution in [-0.2, 0) is 12.8 Å². The maximum Gasteiger partial charge on any atom is 0.142 e. The van der Waals surface area contributed by atoms with Crippen molar-refractivity contribution in [1.29, 1.82) is 0 Å². The first-order valence-corrected chi connectivity index (χ1v) is 7.53. The molecule has 102 valence electrons. The summed E-state index contributed by atoms with van der Waals surface area (Å²) in [6.07, 6.45) is 1.92. The van der Waals surface area contributed by atoms with E-state index in [4.69, 9.17) is 11.6 Å². The Morgan fingerprint density at radius 2 is 2.00 bits per heavy atom. The van der Waals surface area contributed by atoms with E-state index in [9.17, 15) is 4.39 Å². The van der Waals surface area contributed by atoms with E-state index in [-0.39, 0.29) is 16.9 Å². The number of nitrogens with one attached hydrogen (secondary N) is 1. The smallest absolute Gasteiger partial charge is 0.142 e. The van der Waals surface area contributed by atoms with Crippen LogP contribution in [0.5, 0.6) is 0 Å². The Labute approximate surface area is 122 Å². The third-order valence-electron chi connectivity index (χ3n) is 3.17. The summed E-state index contributed by atoms with van der Waals surface area (Å²) < 4.78 is 13.5. The highest BCUT2D eigenvalue weighted by Gasteiger charge is 2.13. The Balaban J connectivity index is 2.17. The lowest BCUT2D eigenvalue weighted by Gasteiger charge is -2.16. The van der Waals surface area contributed by atoms with Gasteiger partial charge in [0.25, 0.3) is 0 Å². The minimum absolute atomic E-state index is 0.107. The van der Waals surface area contributed by atoms with Gasteiger partial charge in [-0.25, -0.2) is 4.39 Å². The highest BCUT2D eigenvalue weighted by atomic mass is 35.5. The molecule has 0 radical (unpaired) electrons. The number of halogens is 2. The van der Waals surface area contributed by atoms with Gasteiger partial charge in [-0.1, -0.05) is 24.6 Å². The number of thiophene rings is 1. The zero-order chi connectivity index (χ0) is 13.8. The second-order valence-electron chi connectivity index (χ2n) is 4.44. The molecule has 19 heavy (non-hydrogen) atoms. The predicted octanol–water partition coefficient (Wildman–Crippen LogP) is 4.61. The molecule has 0 saturated heterocycles. The fourth-order valence-corrected chi connectivity index (χ4v) is 3.16. The molecule has 1 N–H and O–H groups in total. The van der Waals surface area contributed by atoms with E-state index >= 15 is 0 Å². The van der Waals surface area contributed by atoms with E-state index in [1.807, 2.05) is 24.5 Å². The first-order valence-electron chi connectivity index (χ1n) is 6.33. The standard InChI is InChI=1S/C15H17ClFNS/c1-3-11-5-6-12(19-11)9-15(18-2)10-4-7-13(16)14(17)8-10/h4-8,15,18H,3,9H2,1-2H3. The van der Waals surface area contributed by atoms with E-state index in [1.54, 1.807) is 6.07 Å². The Bertz CT molecular complexity index is 553. The van der Waals surface area contributed by atoms with E-state index in [0.29, 0.717) is 0 Å². The second-order valence-corrected chi connectivity index (χ2v) is 6.10. The second kappa shape index (κ2) is 6.51. The third kappa shape index (κ3) is 3.56. The van der Waals surface area contributed by atoms with Gasteiger partial charge < -0.3 is 5.32 Å². The summed E-state index contributed by atoms with van der Waals surface area (Å²) >= 11 is 7.54. The van der Waals surface area contributed by atoms with Crippen LogP contribution < -0.4 is 5.32 Å². The van der Waals surface area contributed by atoms with Gasteiger partial charge in [0.1, 0.15) is 5.82 Å². The first kappa shape index (κ1) is 14.5. The van der Waals surface area contributed by atoms with Crippen LogP contribution in [0.3, 0.4) is 0 Å². The zero-order valence-corrected chi connectivity index (χ0v) is 12.6. The van der Waals surface area contributed by atoms with Crippen LogP contribution in [0.4, 0.5) is 4.39 Å². The van der Waals surface area contributed by atoms with Crippen molar-refractivity contribution in [3.63, 3.8) is 0 Å². The molecule has 2 rings (SSSR count). The highest BCUT2D eigenvalue weighted by Crippen LogP contribution is 2.26. The zero-order valence-electron chi connectivity index (χ0n) is 11.0. The van der Waals surface area contributed by atoms with E-state index in [1.165, 1.54) is 15.8 Å². The lowest BCUT2D eigenvalue weighted by atomic mass is 10.0. The van der Waals surface area contributed by atoms with Gasteiger partial charge in [0.2, 0.25) is 0 Å². The van der Waals surface area contributed by atoms with Gasteiger partial charge in [0, 0.05) is 22.2 Å². The molecule has 0 amide bonds. The van der Waals surface area contributed by atoms with Gasteiger partial charge in [-0.3, -0.25) is 0 Å². The molecule has 0 fully saturated rings. The number of likely N-dealkylation sites (N-methyl/N-ethyl adjacent to an activating group) is 1. The number of aryl methyl sites for hydroxylation is 1. The summed E-state index contributed by atoms with van der Waals surface area (Å²) in [5, 5.41) is 3.41. The Morgan fingerprint density at radius 3 is 2.58 bits per heavy atom. The van der Waals surface area contributed by atoms with Crippen molar-refractivity contribution in [2.75, 3.05) is 7.05 Å². The van der Waals surface area contributed by atoms with E-state index in [0.717, 1.165) is 18.4 Å². The van der Waals surface area contributed by atoms with Crippen LogP contribution in [-0.4, -0.2) is 7.05 Å². The summed E-state index contributed by atoms with van der Waals surface area (Å²) in [6, 6.07) is 9.42. The molecule has 0 saturated carbocycles. The molecule has 0 aliphatic rings. The predicted molar refractivity (Wildman–Crippen MR) is 80.6 cm³/mol. The van der Waals surface area contributed by atoms with Gasteiger partial charge in [-0.05, 0) is 43.3 Å². The molecule has 0 aliphatic carbocycles. The number of rotatable bonds is 5. The molecular weight excluding hydrogens is 281 g/mol. The van der Waals surface area contributed by atoms with Crippen molar-refractivity contribution >= 4 is 22.9 Å². The molecule has 4 heteroatoms. The first-order chi connectivity index (χ1) is 9.13. The third-order valence-corrected chi connectivity index (χ3v) is 4.72. The maximum atomic E-state index is 13.5. The van der Waals surface area contributed by atoms with Crippen LogP contribution >= 0.6 is 22.9 Å². The van der Waals surface area contributed by atoms with Crippen molar-refractivity contribution in [3.8, 4) is 0 Å². The normalized spacial score (nSPS) is 12.6. The summed E-state index contributed by atoms with van der Waals surface area (Å²) in [6.45, 7) is 2.15. The van der Waals surface area contributed by atoms with Crippen molar-refractivity contribution in [2.45, 2.75) is 25.8 Å². The molecule has 0 aliphatic heterocycles. The van der Waals surface area contributed by atoms with Crippen LogP contribution in [0.15, 0.2) is 30.3 Å². The summed E-state index contributed by atoms with van der Waals surface area (Å²) in [5.41, 5.74) is 0.927. The van der Waals surface area contributed by atoms with E-state index < -0.39 is 0 Å². The fourth-order valence-electron chi connectivity index (χ4n) is 2.04. The maximum absolute atomic E-state index is 13.5. The molecule has 1 aromatic carbocycles. The number of benzene rings is 1. The lowest BCUT2D eigenvalue weighted by molar-refractivity contribution is 0.581. The Kier molecular flexibility index (Phi) is 4.97. The van der Waals surface area contributed by atoms with Crippen molar-refractivity contribution in [3.05, 3.63) is 56.5 Å². The van der Waals surface area contributed by atoms with Crippen LogP contribution in [0, 0.1) is 5.82 Å². The summed E-state index contributed by atoms with van der Waals surface area (Å²) in [7, 11) is 1.89. The molecule has 1 heterocycles. The topological polar surface area (TPSA) is 12.0 Å². The van der Waals surface area contributed by atoms with Crippen LogP contribution in [0.2, 0.25) is 5.02 Å². The molecule has 0 bridgehead atoms. The van der Waals surface area contributed by atoms with Crippen molar-refractivity contribution < 1.29 is 4.39 Å². The molecule has 1 aromatic heterocycles. The molecule has 2 aromatic rings. The summed E-state index contributed by atoms with van der Waals surface area (Å²) in [4.78, 5) is 2.69. The molecule has 1 nitrogen and oxygen atoms in total. The molecule has 1 unspecified atom stereocenters. The van der Waals surface area contributed by atoms with Gasteiger partial charge in [0.05, 0.1) is 5.02 Å². The monoisotopic (exact) mass is 297 g/mol. The molecule has 0 spiro atoms. The van der Waals surface area contributed by atoms with Crippen LogP contribution in [0.1, 0.15) is 28.3 Å². The SMILES string of the molecule is CCc1ccc(CC(NC)c2ccc(Cl)c(F)c2)s1. The Hall–Kier alpha value is -0.900. The Morgan fingerprint density at radius 1 is 1.26 bits per heavy atom. The quantitative estimate of drug-likeness (QED) is 0.850. The lowest BCUT2D eigenvalue weighted by Crippen LogP contribution is -2.18. The average molecular weight is 298 g/mol. The van der Waals surface area contributed by atoms with E-state index in [2.05, 4.69) is 24.4 Å². The van der Waals surface area contributed by atoms with Gasteiger partial charge in [-0.2, -0.15) is 0 Å². The average Bonchev–Trinajstić information content (AvgIpc) is 2.87. The molecular formula is C15H17ClFNS. The fraction of sp³-hybridized carbons (Fsp3) is 0.333. The van der Waals surface area contributed by atoms with Crippen molar-refractivity contribution in [1.82, 2.24) is 5.32 Å². The largest absolute Gasteiger partial charge is 0.313 e. The number of hydrogen-bond donors (Lipinski definition) is 1.